The van der Waals surface area contributed by atoms with Gasteiger partial charge in [-0.2, -0.15) is 18.4 Å². The van der Waals surface area contributed by atoms with Crippen LogP contribution in [0.25, 0.3) is 0 Å². The molecule has 3 nitrogen and oxygen atoms in total. The molecule has 23 heavy (non-hydrogen) atoms. The summed E-state index contributed by atoms with van der Waals surface area (Å²) in [6.07, 6.45) is 0.0602. The number of rotatable bonds is 2. The Morgan fingerprint density at radius 3 is 2.48 bits per heavy atom. The van der Waals surface area contributed by atoms with Crippen LogP contribution in [0.3, 0.4) is 0 Å². The standard InChI is InChI=1S/C17H20F3N3/c18-17(19,20)15-4-3-14(10-13(15)11-21)23-8-5-12(6-9-23)16-2-1-7-22-16/h3-4,10,12,16,22H,1-2,5-9H2. The molecular weight excluding hydrogens is 303 g/mol. The Morgan fingerprint density at radius 1 is 1.17 bits per heavy atom. The van der Waals surface area contributed by atoms with Crippen LogP contribution in [0.2, 0.25) is 0 Å². The minimum atomic E-state index is -4.48. The van der Waals surface area contributed by atoms with Gasteiger partial charge in [0.1, 0.15) is 0 Å². The van der Waals surface area contributed by atoms with Crippen molar-refractivity contribution in [2.75, 3.05) is 24.5 Å². The molecule has 2 saturated heterocycles. The van der Waals surface area contributed by atoms with Gasteiger partial charge in [-0.25, -0.2) is 0 Å². The number of anilines is 1. The molecule has 0 spiro atoms. The third-order valence-corrected chi connectivity index (χ3v) is 5.00. The van der Waals surface area contributed by atoms with E-state index in [1.807, 2.05) is 0 Å². The van der Waals surface area contributed by atoms with Gasteiger partial charge in [-0.15, -0.1) is 0 Å². The highest BCUT2D eigenvalue weighted by Gasteiger charge is 2.34. The van der Waals surface area contributed by atoms with Gasteiger partial charge < -0.3 is 10.2 Å². The molecule has 2 fully saturated rings. The lowest BCUT2D eigenvalue weighted by Crippen LogP contribution is -2.41. The zero-order valence-corrected chi connectivity index (χ0v) is 12.9. The Kier molecular flexibility index (Phi) is 4.49. The molecule has 1 N–H and O–H groups in total. The lowest BCUT2D eigenvalue weighted by molar-refractivity contribution is -0.137. The number of nitrogens with one attached hydrogen (secondary N) is 1. The first kappa shape index (κ1) is 16.1. The van der Waals surface area contributed by atoms with Crippen LogP contribution < -0.4 is 10.2 Å². The van der Waals surface area contributed by atoms with Crippen LogP contribution in [-0.2, 0) is 6.18 Å². The highest BCUT2D eigenvalue weighted by molar-refractivity contribution is 5.55. The van der Waals surface area contributed by atoms with E-state index in [9.17, 15) is 13.2 Å². The van der Waals surface area contributed by atoms with Crippen molar-refractivity contribution in [1.29, 1.82) is 5.26 Å². The minimum absolute atomic E-state index is 0.297. The molecule has 3 rings (SSSR count). The van der Waals surface area contributed by atoms with Crippen molar-refractivity contribution in [3.05, 3.63) is 29.3 Å². The maximum absolute atomic E-state index is 12.9. The van der Waals surface area contributed by atoms with Gasteiger partial charge in [0.25, 0.3) is 0 Å². The summed E-state index contributed by atoms with van der Waals surface area (Å²) < 4.78 is 38.6. The van der Waals surface area contributed by atoms with E-state index in [1.165, 1.54) is 25.0 Å². The van der Waals surface area contributed by atoms with Crippen LogP contribution in [0, 0.1) is 17.2 Å². The zero-order valence-electron chi connectivity index (χ0n) is 12.9. The molecule has 0 aromatic heterocycles. The van der Waals surface area contributed by atoms with Crippen LogP contribution in [0.1, 0.15) is 36.8 Å². The molecule has 0 saturated carbocycles. The summed E-state index contributed by atoms with van der Waals surface area (Å²) in [5, 5.41) is 12.6. The van der Waals surface area contributed by atoms with Crippen molar-refractivity contribution >= 4 is 5.69 Å². The second kappa shape index (κ2) is 6.40. The van der Waals surface area contributed by atoms with E-state index in [0.29, 0.717) is 17.6 Å². The maximum atomic E-state index is 12.9. The van der Waals surface area contributed by atoms with Crippen LogP contribution in [-0.4, -0.2) is 25.7 Å². The summed E-state index contributed by atoms with van der Waals surface area (Å²) in [4.78, 5) is 2.09. The largest absolute Gasteiger partial charge is 0.417 e. The van der Waals surface area contributed by atoms with Gasteiger partial charge in [0.2, 0.25) is 0 Å². The number of piperidine rings is 1. The third kappa shape index (κ3) is 3.45. The number of hydrogen-bond donors (Lipinski definition) is 1. The molecule has 0 radical (unpaired) electrons. The Balaban J connectivity index is 1.70. The van der Waals surface area contributed by atoms with Gasteiger partial charge in [0.05, 0.1) is 17.2 Å². The summed E-state index contributed by atoms with van der Waals surface area (Å²) in [7, 11) is 0. The average Bonchev–Trinajstić information content (AvgIpc) is 3.08. The van der Waals surface area contributed by atoms with Crippen molar-refractivity contribution in [3.63, 3.8) is 0 Å². The van der Waals surface area contributed by atoms with E-state index in [1.54, 1.807) is 6.07 Å². The molecule has 124 valence electrons. The molecule has 2 aliphatic rings. The number of nitrogens with zero attached hydrogens (tertiary/aromatic N) is 2. The minimum Gasteiger partial charge on any atom is -0.371 e. The predicted octanol–water partition coefficient (Wildman–Crippen LogP) is 3.55. The summed E-state index contributed by atoms with van der Waals surface area (Å²) in [5.74, 6) is 0.652. The highest BCUT2D eigenvalue weighted by atomic mass is 19.4. The second-order valence-corrected chi connectivity index (χ2v) is 6.37. The lowest BCUT2D eigenvalue weighted by atomic mass is 9.88. The van der Waals surface area contributed by atoms with Crippen LogP contribution in [0.5, 0.6) is 0 Å². The topological polar surface area (TPSA) is 39.1 Å². The Bertz CT molecular complexity index is 592. The fraction of sp³-hybridized carbons (Fsp3) is 0.588. The molecule has 1 atom stereocenters. The normalized spacial score (nSPS) is 23.0. The smallest absolute Gasteiger partial charge is 0.371 e. The van der Waals surface area contributed by atoms with Gasteiger partial charge in [0.15, 0.2) is 0 Å². The number of halogens is 3. The van der Waals surface area contributed by atoms with E-state index in [2.05, 4.69) is 10.2 Å². The molecule has 2 aliphatic heterocycles. The maximum Gasteiger partial charge on any atom is 0.417 e. The van der Waals surface area contributed by atoms with Gasteiger partial charge >= 0.3 is 6.18 Å². The van der Waals surface area contributed by atoms with Gasteiger partial charge in [-0.3, -0.25) is 0 Å². The van der Waals surface area contributed by atoms with E-state index >= 15 is 0 Å². The number of nitriles is 1. The summed E-state index contributed by atoms with van der Waals surface area (Å²) in [6, 6.07) is 6.16. The fourth-order valence-corrected chi connectivity index (χ4v) is 3.74. The van der Waals surface area contributed by atoms with Crippen LogP contribution in [0.4, 0.5) is 18.9 Å². The van der Waals surface area contributed by atoms with Gasteiger partial charge in [-0.05, 0) is 56.3 Å². The first-order valence-electron chi connectivity index (χ1n) is 8.08. The monoisotopic (exact) mass is 323 g/mol. The molecule has 6 heteroatoms. The molecule has 1 unspecified atom stereocenters. The first-order valence-corrected chi connectivity index (χ1v) is 8.08. The summed E-state index contributed by atoms with van der Waals surface area (Å²) >= 11 is 0. The van der Waals surface area contributed by atoms with Crippen molar-refractivity contribution < 1.29 is 13.2 Å². The van der Waals surface area contributed by atoms with Crippen molar-refractivity contribution in [2.24, 2.45) is 5.92 Å². The van der Waals surface area contributed by atoms with Crippen molar-refractivity contribution in [1.82, 2.24) is 5.32 Å². The molecular formula is C17H20F3N3. The van der Waals surface area contributed by atoms with E-state index in [0.717, 1.165) is 38.5 Å². The Labute approximate surface area is 134 Å². The number of alkyl halides is 3. The fourth-order valence-electron chi connectivity index (χ4n) is 3.74. The summed E-state index contributed by atoms with van der Waals surface area (Å²) in [6.45, 7) is 2.76. The SMILES string of the molecule is N#Cc1cc(N2CCC(C3CCCN3)CC2)ccc1C(F)(F)F. The van der Waals surface area contributed by atoms with Crippen molar-refractivity contribution in [2.45, 2.75) is 37.9 Å². The lowest BCUT2D eigenvalue weighted by Gasteiger charge is -2.36. The van der Waals surface area contributed by atoms with Gasteiger partial charge in [0, 0.05) is 24.8 Å². The Hall–Kier alpha value is -1.74. The van der Waals surface area contributed by atoms with Gasteiger partial charge in [-0.1, -0.05) is 0 Å². The summed E-state index contributed by atoms with van der Waals surface area (Å²) in [5.41, 5.74) is -0.434. The number of benzene rings is 1. The third-order valence-electron chi connectivity index (χ3n) is 5.00. The second-order valence-electron chi connectivity index (χ2n) is 6.37. The molecule has 1 aromatic rings. The first-order chi connectivity index (χ1) is 11.0. The number of hydrogen-bond acceptors (Lipinski definition) is 3. The average molecular weight is 323 g/mol. The molecule has 2 heterocycles. The van der Waals surface area contributed by atoms with E-state index < -0.39 is 11.7 Å². The van der Waals surface area contributed by atoms with Crippen LogP contribution >= 0.6 is 0 Å². The van der Waals surface area contributed by atoms with E-state index in [4.69, 9.17) is 5.26 Å². The molecule has 0 amide bonds. The Morgan fingerprint density at radius 2 is 1.91 bits per heavy atom. The van der Waals surface area contributed by atoms with Crippen LogP contribution in [0.15, 0.2) is 18.2 Å². The zero-order chi connectivity index (χ0) is 16.4. The van der Waals surface area contributed by atoms with E-state index in [-0.39, 0.29) is 5.56 Å². The molecule has 0 aliphatic carbocycles. The quantitative estimate of drug-likeness (QED) is 0.905. The predicted molar refractivity (Wildman–Crippen MR) is 82.1 cm³/mol. The molecule has 0 bridgehead atoms. The van der Waals surface area contributed by atoms with Crippen molar-refractivity contribution in [3.8, 4) is 6.07 Å². The highest BCUT2D eigenvalue weighted by Crippen LogP contribution is 2.35. The molecule has 1 aromatic carbocycles.